The lowest BCUT2D eigenvalue weighted by Crippen LogP contribution is -2.18. The van der Waals surface area contributed by atoms with E-state index in [9.17, 15) is 4.79 Å². The number of fused-ring (bicyclic) bond motifs is 2. The molecule has 0 spiro atoms. The second-order valence-electron chi connectivity index (χ2n) is 6.26. The van der Waals surface area contributed by atoms with Crippen LogP contribution in [0.3, 0.4) is 0 Å². The SMILES string of the molecule is C/C(=N/NC(=O)c1cc2c(s1)CCCC2)c1ccc2c(c1)OCCO2. The third kappa shape index (κ3) is 3.39. The summed E-state index contributed by atoms with van der Waals surface area (Å²) < 4.78 is 11.1. The van der Waals surface area contributed by atoms with Crippen LogP contribution < -0.4 is 14.9 Å². The predicted octanol–water partition coefficient (Wildman–Crippen LogP) is 3.55. The Kier molecular flexibility index (Phi) is 4.44. The van der Waals surface area contributed by atoms with Crippen LogP contribution in [0, 0.1) is 0 Å². The van der Waals surface area contributed by atoms with E-state index >= 15 is 0 Å². The van der Waals surface area contributed by atoms with Crippen LogP contribution in [0.1, 0.15) is 45.4 Å². The lowest BCUT2D eigenvalue weighted by atomic mass is 9.99. The molecule has 1 aromatic heterocycles. The van der Waals surface area contributed by atoms with E-state index in [1.54, 1.807) is 11.3 Å². The van der Waals surface area contributed by atoms with Gasteiger partial charge in [0.1, 0.15) is 13.2 Å². The van der Waals surface area contributed by atoms with Gasteiger partial charge in [0.25, 0.3) is 5.91 Å². The highest BCUT2D eigenvalue weighted by atomic mass is 32.1. The van der Waals surface area contributed by atoms with Crippen molar-refractivity contribution in [2.24, 2.45) is 5.10 Å². The Morgan fingerprint density at radius 1 is 1.12 bits per heavy atom. The Balaban J connectivity index is 1.47. The first-order valence-electron chi connectivity index (χ1n) is 8.57. The van der Waals surface area contributed by atoms with Crippen LogP contribution in [0.2, 0.25) is 0 Å². The summed E-state index contributed by atoms with van der Waals surface area (Å²) in [5, 5.41) is 4.25. The van der Waals surface area contributed by atoms with Crippen molar-refractivity contribution in [3.63, 3.8) is 0 Å². The first-order valence-corrected chi connectivity index (χ1v) is 9.38. The van der Waals surface area contributed by atoms with E-state index in [4.69, 9.17) is 9.47 Å². The van der Waals surface area contributed by atoms with Gasteiger partial charge >= 0.3 is 0 Å². The molecule has 0 bridgehead atoms. The fourth-order valence-corrected chi connectivity index (χ4v) is 4.27. The van der Waals surface area contributed by atoms with Crippen molar-refractivity contribution < 1.29 is 14.3 Å². The smallest absolute Gasteiger partial charge is 0.281 e. The fraction of sp³-hybridized carbons (Fsp3) is 0.368. The number of nitrogens with zero attached hydrogens (tertiary/aromatic N) is 1. The lowest BCUT2D eigenvalue weighted by molar-refractivity contribution is 0.0959. The molecule has 130 valence electrons. The highest BCUT2D eigenvalue weighted by molar-refractivity contribution is 7.14. The van der Waals surface area contributed by atoms with Crippen LogP contribution in [-0.2, 0) is 12.8 Å². The molecule has 25 heavy (non-hydrogen) atoms. The van der Waals surface area contributed by atoms with Crippen LogP contribution >= 0.6 is 11.3 Å². The summed E-state index contributed by atoms with van der Waals surface area (Å²) in [7, 11) is 0. The molecular formula is C19H20N2O3S. The zero-order valence-corrected chi connectivity index (χ0v) is 14.9. The number of carbonyl (C=O) groups is 1. The molecule has 1 aliphatic heterocycles. The van der Waals surface area contributed by atoms with E-state index in [2.05, 4.69) is 10.5 Å². The molecule has 2 aliphatic rings. The maximum absolute atomic E-state index is 12.4. The van der Waals surface area contributed by atoms with E-state index in [0.29, 0.717) is 13.2 Å². The second-order valence-corrected chi connectivity index (χ2v) is 7.40. The highest BCUT2D eigenvalue weighted by Crippen LogP contribution is 2.31. The molecule has 6 heteroatoms. The van der Waals surface area contributed by atoms with Crippen LogP contribution in [0.5, 0.6) is 11.5 Å². The molecule has 5 nitrogen and oxygen atoms in total. The Morgan fingerprint density at radius 2 is 1.92 bits per heavy atom. The van der Waals surface area contributed by atoms with Crippen molar-refractivity contribution in [3.05, 3.63) is 45.1 Å². The van der Waals surface area contributed by atoms with Gasteiger partial charge in [0.05, 0.1) is 10.6 Å². The standard InChI is InChI=1S/C19H20N2O3S/c1-12(13-6-7-15-16(10-13)24-9-8-23-15)20-21-19(22)18-11-14-4-2-3-5-17(14)25-18/h6-7,10-11H,2-5,8-9H2,1H3,(H,21,22)/b20-12-. The van der Waals surface area contributed by atoms with Crippen molar-refractivity contribution >= 4 is 23.0 Å². The molecule has 2 heterocycles. The van der Waals surface area contributed by atoms with Crippen molar-refractivity contribution in [1.29, 1.82) is 0 Å². The maximum Gasteiger partial charge on any atom is 0.281 e. The van der Waals surface area contributed by atoms with Gasteiger partial charge in [0.2, 0.25) is 0 Å². The molecule has 2 aromatic rings. The molecule has 1 N–H and O–H groups in total. The number of benzene rings is 1. The molecule has 0 unspecified atom stereocenters. The number of nitrogens with one attached hydrogen (secondary N) is 1. The highest BCUT2D eigenvalue weighted by Gasteiger charge is 2.17. The summed E-state index contributed by atoms with van der Waals surface area (Å²) >= 11 is 1.59. The van der Waals surface area contributed by atoms with E-state index in [1.165, 1.54) is 23.3 Å². The van der Waals surface area contributed by atoms with Gasteiger partial charge in [0.15, 0.2) is 11.5 Å². The summed E-state index contributed by atoms with van der Waals surface area (Å²) in [6.45, 7) is 2.98. The number of rotatable bonds is 3. The number of hydrogen-bond acceptors (Lipinski definition) is 5. The Bertz CT molecular complexity index is 818. The van der Waals surface area contributed by atoms with E-state index in [0.717, 1.165) is 40.5 Å². The molecule has 0 radical (unpaired) electrons. The number of hydrogen-bond donors (Lipinski definition) is 1. The summed E-state index contributed by atoms with van der Waals surface area (Å²) in [6.07, 6.45) is 4.60. The summed E-state index contributed by atoms with van der Waals surface area (Å²) in [5.41, 5.74) is 5.63. The van der Waals surface area contributed by atoms with Gasteiger partial charge in [0, 0.05) is 10.4 Å². The molecule has 0 saturated carbocycles. The average Bonchev–Trinajstić information content (AvgIpc) is 3.09. The number of thiophene rings is 1. The monoisotopic (exact) mass is 356 g/mol. The topological polar surface area (TPSA) is 59.9 Å². The fourth-order valence-electron chi connectivity index (χ4n) is 3.13. The normalized spacial score (nSPS) is 16.3. The van der Waals surface area contributed by atoms with E-state index in [-0.39, 0.29) is 5.91 Å². The van der Waals surface area contributed by atoms with Gasteiger partial charge in [-0.1, -0.05) is 0 Å². The van der Waals surface area contributed by atoms with Crippen molar-refractivity contribution in [1.82, 2.24) is 5.43 Å². The number of carbonyl (C=O) groups excluding carboxylic acids is 1. The first kappa shape index (κ1) is 16.1. The largest absolute Gasteiger partial charge is 0.486 e. The molecule has 1 amide bonds. The number of ether oxygens (including phenoxy) is 2. The van der Waals surface area contributed by atoms with Gasteiger partial charge in [-0.25, -0.2) is 5.43 Å². The van der Waals surface area contributed by atoms with E-state index in [1.807, 2.05) is 31.2 Å². The first-order chi connectivity index (χ1) is 12.2. The second kappa shape index (κ2) is 6.88. The molecule has 0 atom stereocenters. The molecule has 0 saturated heterocycles. The van der Waals surface area contributed by atoms with Crippen LogP contribution in [-0.4, -0.2) is 24.8 Å². The zero-order chi connectivity index (χ0) is 17.2. The maximum atomic E-state index is 12.4. The van der Waals surface area contributed by atoms with Crippen molar-refractivity contribution in [2.75, 3.05) is 13.2 Å². The summed E-state index contributed by atoms with van der Waals surface area (Å²) in [5.74, 6) is 1.32. The van der Waals surface area contributed by atoms with Crippen molar-refractivity contribution in [2.45, 2.75) is 32.6 Å². The minimum atomic E-state index is -0.142. The number of aryl methyl sites for hydroxylation is 2. The molecule has 4 rings (SSSR count). The number of amides is 1. The number of hydrazone groups is 1. The van der Waals surface area contributed by atoms with Gasteiger partial charge in [-0.15, -0.1) is 11.3 Å². The molecule has 0 fully saturated rings. The average molecular weight is 356 g/mol. The molecule has 1 aromatic carbocycles. The predicted molar refractivity (Wildman–Crippen MR) is 98.1 cm³/mol. The Labute approximate surface area is 150 Å². The minimum absolute atomic E-state index is 0.142. The summed E-state index contributed by atoms with van der Waals surface area (Å²) in [6, 6.07) is 7.70. The zero-order valence-electron chi connectivity index (χ0n) is 14.1. The van der Waals surface area contributed by atoms with Gasteiger partial charge in [-0.3, -0.25) is 4.79 Å². The van der Waals surface area contributed by atoms with Gasteiger partial charge < -0.3 is 9.47 Å². The van der Waals surface area contributed by atoms with Crippen LogP contribution in [0.25, 0.3) is 0 Å². The molecular weight excluding hydrogens is 336 g/mol. The third-order valence-electron chi connectivity index (χ3n) is 4.51. The summed E-state index contributed by atoms with van der Waals surface area (Å²) in [4.78, 5) is 14.5. The lowest BCUT2D eigenvalue weighted by Gasteiger charge is -2.18. The van der Waals surface area contributed by atoms with Gasteiger partial charge in [-0.2, -0.15) is 5.10 Å². The quantitative estimate of drug-likeness (QED) is 0.676. The Hall–Kier alpha value is -2.34. The minimum Gasteiger partial charge on any atom is -0.486 e. The van der Waals surface area contributed by atoms with Gasteiger partial charge in [-0.05, 0) is 62.4 Å². The third-order valence-corrected chi connectivity index (χ3v) is 5.74. The van der Waals surface area contributed by atoms with Crippen molar-refractivity contribution in [3.8, 4) is 11.5 Å². The van der Waals surface area contributed by atoms with Crippen LogP contribution in [0.15, 0.2) is 29.4 Å². The van der Waals surface area contributed by atoms with Crippen LogP contribution in [0.4, 0.5) is 0 Å². The molecule has 1 aliphatic carbocycles. The Morgan fingerprint density at radius 3 is 2.76 bits per heavy atom. The van der Waals surface area contributed by atoms with E-state index < -0.39 is 0 Å².